The fraction of sp³-hybridized carbons (Fsp3) is 0.750. The van der Waals surface area contributed by atoms with E-state index in [2.05, 4.69) is 6.07 Å². The first-order valence-corrected chi connectivity index (χ1v) is 4.08. The Morgan fingerprint density at radius 3 is 2.92 bits per heavy atom. The Bertz CT molecular complexity index is 221. The molecule has 1 fully saturated rings. The number of nitrogens with two attached hydrogens (primary N) is 1. The molecule has 2 unspecified atom stereocenters. The second kappa shape index (κ2) is 3.55. The summed E-state index contributed by atoms with van der Waals surface area (Å²) in [5, 5.41) is 8.61. The summed E-state index contributed by atoms with van der Waals surface area (Å²) in [6.07, 6.45) is 0.855. The average molecular weight is 167 g/mol. The molecule has 12 heavy (non-hydrogen) atoms. The predicted molar refractivity (Wildman–Crippen MR) is 43.9 cm³/mol. The number of amides is 1. The van der Waals surface area contributed by atoms with E-state index in [1.165, 1.54) is 0 Å². The summed E-state index contributed by atoms with van der Waals surface area (Å²) in [5.74, 6) is -0.236. The fourth-order valence-corrected chi connectivity index (χ4v) is 1.42. The summed E-state index contributed by atoms with van der Waals surface area (Å²) in [7, 11) is 0. The van der Waals surface area contributed by atoms with Gasteiger partial charge in [0.25, 0.3) is 0 Å². The van der Waals surface area contributed by atoms with Gasteiger partial charge in [-0.15, -0.1) is 0 Å². The van der Waals surface area contributed by atoms with Crippen LogP contribution in [0.3, 0.4) is 0 Å². The van der Waals surface area contributed by atoms with E-state index in [1.807, 2.05) is 4.90 Å². The summed E-state index contributed by atoms with van der Waals surface area (Å²) < 4.78 is 0. The van der Waals surface area contributed by atoms with E-state index in [0.29, 0.717) is 6.54 Å². The van der Waals surface area contributed by atoms with E-state index in [1.54, 1.807) is 6.92 Å². The van der Waals surface area contributed by atoms with Crippen LogP contribution in [0.4, 0.5) is 0 Å². The molecule has 1 amide bonds. The van der Waals surface area contributed by atoms with Gasteiger partial charge in [-0.2, -0.15) is 5.26 Å². The SMILES string of the molecule is CC(C(N)=O)N1CCC(C#N)C1. The van der Waals surface area contributed by atoms with Crippen LogP contribution in [-0.4, -0.2) is 29.9 Å². The van der Waals surface area contributed by atoms with E-state index in [0.717, 1.165) is 13.0 Å². The van der Waals surface area contributed by atoms with Gasteiger partial charge >= 0.3 is 0 Å². The number of primary amides is 1. The molecule has 4 nitrogen and oxygen atoms in total. The van der Waals surface area contributed by atoms with Gasteiger partial charge in [0.05, 0.1) is 18.0 Å². The van der Waals surface area contributed by atoms with Gasteiger partial charge in [0.1, 0.15) is 0 Å². The van der Waals surface area contributed by atoms with E-state index in [9.17, 15) is 4.79 Å². The molecule has 0 spiro atoms. The first-order valence-electron chi connectivity index (χ1n) is 4.08. The van der Waals surface area contributed by atoms with Gasteiger partial charge < -0.3 is 5.73 Å². The van der Waals surface area contributed by atoms with Gasteiger partial charge in [0, 0.05) is 13.1 Å². The van der Waals surface area contributed by atoms with Crippen molar-refractivity contribution in [3.8, 4) is 6.07 Å². The molecule has 0 bridgehead atoms. The molecule has 0 aromatic heterocycles. The minimum atomic E-state index is -0.311. The number of carbonyl (C=O) groups excluding carboxylic acids is 1. The molecule has 1 saturated heterocycles. The fourth-order valence-electron chi connectivity index (χ4n) is 1.42. The van der Waals surface area contributed by atoms with Gasteiger partial charge in [-0.05, 0) is 13.3 Å². The highest BCUT2D eigenvalue weighted by Crippen LogP contribution is 2.17. The van der Waals surface area contributed by atoms with Crippen LogP contribution in [0.1, 0.15) is 13.3 Å². The van der Waals surface area contributed by atoms with E-state index >= 15 is 0 Å². The van der Waals surface area contributed by atoms with Crippen LogP contribution in [0.25, 0.3) is 0 Å². The summed E-state index contributed by atoms with van der Waals surface area (Å²) in [6.45, 7) is 3.27. The van der Waals surface area contributed by atoms with Crippen molar-refractivity contribution in [1.29, 1.82) is 5.26 Å². The second-order valence-electron chi connectivity index (χ2n) is 3.19. The van der Waals surface area contributed by atoms with Gasteiger partial charge in [-0.1, -0.05) is 0 Å². The Hall–Kier alpha value is -1.08. The summed E-state index contributed by atoms with van der Waals surface area (Å²) in [6, 6.07) is 1.96. The van der Waals surface area contributed by atoms with Crippen molar-refractivity contribution < 1.29 is 4.79 Å². The highest BCUT2D eigenvalue weighted by molar-refractivity contribution is 5.79. The van der Waals surface area contributed by atoms with Crippen molar-refractivity contribution in [2.24, 2.45) is 11.7 Å². The van der Waals surface area contributed by atoms with Crippen LogP contribution in [0, 0.1) is 17.2 Å². The maximum atomic E-state index is 10.8. The largest absolute Gasteiger partial charge is 0.368 e. The van der Waals surface area contributed by atoms with Crippen molar-refractivity contribution in [2.75, 3.05) is 13.1 Å². The molecule has 1 aliphatic rings. The number of hydrogen-bond donors (Lipinski definition) is 1. The van der Waals surface area contributed by atoms with E-state index < -0.39 is 0 Å². The zero-order valence-corrected chi connectivity index (χ0v) is 7.16. The molecule has 0 saturated carbocycles. The maximum absolute atomic E-state index is 10.8. The monoisotopic (exact) mass is 167 g/mol. The Balaban J connectivity index is 2.47. The normalized spacial score (nSPS) is 26.5. The Kier molecular flexibility index (Phi) is 2.66. The number of carbonyl (C=O) groups is 1. The van der Waals surface area contributed by atoms with Crippen LogP contribution >= 0.6 is 0 Å². The molecule has 4 heteroatoms. The van der Waals surface area contributed by atoms with Crippen molar-refractivity contribution in [2.45, 2.75) is 19.4 Å². The first kappa shape index (κ1) is 9.01. The summed E-state index contributed by atoms with van der Waals surface area (Å²) in [4.78, 5) is 12.7. The minimum Gasteiger partial charge on any atom is -0.368 e. The highest BCUT2D eigenvalue weighted by Gasteiger charge is 2.27. The van der Waals surface area contributed by atoms with E-state index in [4.69, 9.17) is 11.0 Å². The number of nitrogens with zero attached hydrogens (tertiary/aromatic N) is 2. The molecule has 2 N–H and O–H groups in total. The molecule has 0 aromatic rings. The number of nitriles is 1. The molecule has 0 aliphatic carbocycles. The zero-order valence-electron chi connectivity index (χ0n) is 7.16. The number of hydrogen-bond acceptors (Lipinski definition) is 3. The molecule has 1 rings (SSSR count). The third-order valence-electron chi connectivity index (χ3n) is 2.36. The highest BCUT2D eigenvalue weighted by atomic mass is 16.1. The molecule has 2 atom stereocenters. The smallest absolute Gasteiger partial charge is 0.234 e. The Morgan fingerprint density at radius 1 is 1.83 bits per heavy atom. The third kappa shape index (κ3) is 1.74. The standard InChI is InChI=1S/C8H13N3O/c1-6(8(10)12)11-3-2-7(4-9)5-11/h6-7H,2-3,5H2,1H3,(H2,10,12). The lowest BCUT2D eigenvalue weighted by atomic mass is 10.1. The van der Waals surface area contributed by atoms with Crippen molar-refractivity contribution in [1.82, 2.24) is 4.90 Å². The van der Waals surface area contributed by atoms with E-state index in [-0.39, 0.29) is 17.9 Å². The quantitative estimate of drug-likeness (QED) is 0.614. The summed E-state index contributed by atoms with van der Waals surface area (Å²) in [5.41, 5.74) is 5.14. The van der Waals surface area contributed by atoms with Gasteiger partial charge in [-0.3, -0.25) is 9.69 Å². The van der Waals surface area contributed by atoms with Crippen molar-refractivity contribution in [3.63, 3.8) is 0 Å². The lowest BCUT2D eigenvalue weighted by Gasteiger charge is -2.20. The lowest BCUT2D eigenvalue weighted by Crippen LogP contribution is -2.41. The third-order valence-corrected chi connectivity index (χ3v) is 2.36. The summed E-state index contributed by atoms with van der Waals surface area (Å²) >= 11 is 0. The Labute approximate surface area is 71.9 Å². The van der Waals surface area contributed by atoms with Crippen LogP contribution < -0.4 is 5.73 Å². The van der Waals surface area contributed by atoms with Gasteiger partial charge in [-0.25, -0.2) is 0 Å². The number of rotatable bonds is 2. The zero-order chi connectivity index (χ0) is 9.14. The average Bonchev–Trinajstić information content (AvgIpc) is 2.50. The maximum Gasteiger partial charge on any atom is 0.234 e. The van der Waals surface area contributed by atoms with Crippen molar-refractivity contribution in [3.05, 3.63) is 0 Å². The first-order chi connectivity index (χ1) is 5.65. The molecular formula is C8H13N3O. The molecular weight excluding hydrogens is 154 g/mol. The van der Waals surface area contributed by atoms with Gasteiger partial charge in [0.2, 0.25) is 5.91 Å². The predicted octanol–water partition coefficient (Wildman–Crippen LogP) is -0.294. The second-order valence-corrected chi connectivity index (χ2v) is 3.19. The van der Waals surface area contributed by atoms with Crippen LogP contribution in [0.2, 0.25) is 0 Å². The molecule has 1 aliphatic heterocycles. The molecule has 0 radical (unpaired) electrons. The van der Waals surface area contributed by atoms with Gasteiger partial charge in [0.15, 0.2) is 0 Å². The molecule has 0 aromatic carbocycles. The molecule has 66 valence electrons. The van der Waals surface area contributed by atoms with Crippen LogP contribution in [-0.2, 0) is 4.79 Å². The number of likely N-dealkylation sites (tertiary alicyclic amines) is 1. The molecule has 1 heterocycles. The van der Waals surface area contributed by atoms with Crippen LogP contribution in [0.15, 0.2) is 0 Å². The van der Waals surface area contributed by atoms with Crippen molar-refractivity contribution >= 4 is 5.91 Å². The minimum absolute atomic E-state index is 0.0757. The Morgan fingerprint density at radius 2 is 2.50 bits per heavy atom. The van der Waals surface area contributed by atoms with Crippen LogP contribution in [0.5, 0.6) is 0 Å². The lowest BCUT2D eigenvalue weighted by molar-refractivity contribution is -0.122. The topological polar surface area (TPSA) is 70.1 Å².